The normalized spacial score (nSPS) is 17.2. The number of carbonyl (C=O) groups is 2. The minimum absolute atomic E-state index is 0.156. The quantitative estimate of drug-likeness (QED) is 0.640. The van der Waals surface area contributed by atoms with E-state index in [1.54, 1.807) is 36.4 Å². The number of nitrogens with zero attached hydrogens (tertiary/aromatic N) is 1. The van der Waals surface area contributed by atoms with E-state index in [2.05, 4.69) is 0 Å². The van der Waals surface area contributed by atoms with Crippen molar-refractivity contribution in [2.45, 2.75) is 0 Å². The number of carboxylic acids is 1. The van der Waals surface area contributed by atoms with Gasteiger partial charge in [0, 0.05) is 6.07 Å². The molecular formula is C18H11NO5S2. The van der Waals surface area contributed by atoms with Gasteiger partial charge in [-0.25, -0.2) is 4.79 Å². The van der Waals surface area contributed by atoms with Gasteiger partial charge in [-0.1, -0.05) is 36.1 Å². The first kappa shape index (κ1) is 16.6. The number of hydrogen-bond acceptors (Lipinski definition) is 6. The van der Waals surface area contributed by atoms with Gasteiger partial charge < -0.3 is 14.6 Å². The van der Waals surface area contributed by atoms with E-state index >= 15 is 0 Å². The molecule has 2 aliphatic rings. The number of anilines is 1. The standard InChI is InChI=1S/C18H11NO5S2/c20-16-15(7-10-1-3-11(4-2-10)17(21)22)26-18(25)19(16)12-5-6-13-14(8-12)24-9-23-13/h1-8H,9H2,(H,21,22). The molecule has 0 unspecified atom stereocenters. The molecule has 2 aromatic rings. The molecule has 26 heavy (non-hydrogen) atoms. The average molecular weight is 385 g/mol. The first-order chi connectivity index (χ1) is 12.5. The van der Waals surface area contributed by atoms with Gasteiger partial charge in [-0.15, -0.1) is 0 Å². The van der Waals surface area contributed by atoms with Crippen molar-refractivity contribution in [3.05, 3.63) is 58.5 Å². The maximum Gasteiger partial charge on any atom is 0.335 e. The summed E-state index contributed by atoms with van der Waals surface area (Å²) in [6.45, 7) is 0.156. The lowest BCUT2D eigenvalue weighted by Gasteiger charge is -2.14. The first-order valence-electron chi connectivity index (χ1n) is 7.54. The number of ether oxygens (including phenoxy) is 2. The third-order valence-electron chi connectivity index (χ3n) is 3.86. The molecule has 0 radical (unpaired) electrons. The zero-order valence-electron chi connectivity index (χ0n) is 13.2. The Morgan fingerprint density at radius 3 is 2.62 bits per heavy atom. The lowest BCUT2D eigenvalue weighted by molar-refractivity contribution is -0.113. The molecule has 0 bridgehead atoms. The lowest BCUT2D eigenvalue weighted by atomic mass is 10.1. The topological polar surface area (TPSA) is 76.1 Å². The highest BCUT2D eigenvalue weighted by atomic mass is 32.2. The molecule has 0 saturated carbocycles. The Morgan fingerprint density at radius 1 is 1.15 bits per heavy atom. The van der Waals surface area contributed by atoms with E-state index < -0.39 is 5.97 Å². The number of thiocarbonyl (C=S) groups is 1. The average Bonchev–Trinajstić information content (AvgIpc) is 3.19. The molecule has 0 atom stereocenters. The second-order valence-electron chi connectivity index (χ2n) is 5.48. The van der Waals surface area contributed by atoms with Gasteiger partial charge in [-0.05, 0) is 35.9 Å². The summed E-state index contributed by atoms with van der Waals surface area (Å²) in [6.07, 6.45) is 1.69. The van der Waals surface area contributed by atoms with Crippen LogP contribution < -0.4 is 14.4 Å². The van der Waals surface area contributed by atoms with E-state index in [0.717, 1.165) is 5.56 Å². The summed E-state index contributed by atoms with van der Waals surface area (Å²) in [5, 5.41) is 8.95. The Hall–Kier alpha value is -2.84. The van der Waals surface area contributed by atoms with Crippen molar-refractivity contribution in [2.75, 3.05) is 11.7 Å². The Morgan fingerprint density at radius 2 is 1.88 bits per heavy atom. The molecule has 0 aliphatic carbocycles. The first-order valence-corrected chi connectivity index (χ1v) is 8.76. The van der Waals surface area contributed by atoms with E-state index in [4.69, 9.17) is 26.8 Å². The van der Waals surface area contributed by atoms with Gasteiger partial charge in [0.25, 0.3) is 5.91 Å². The minimum Gasteiger partial charge on any atom is -0.478 e. The fourth-order valence-electron chi connectivity index (χ4n) is 2.59. The van der Waals surface area contributed by atoms with Gasteiger partial charge in [-0.2, -0.15) is 0 Å². The smallest absolute Gasteiger partial charge is 0.335 e. The van der Waals surface area contributed by atoms with Gasteiger partial charge in [0.05, 0.1) is 16.2 Å². The Bertz CT molecular complexity index is 968. The third kappa shape index (κ3) is 2.93. The van der Waals surface area contributed by atoms with Crippen molar-refractivity contribution in [1.29, 1.82) is 0 Å². The van der Waals surface area contributed by atoms with Gasteiger partial charge in [0.2, 0.25) is 6.79 Å². The number of aromatic carboxylic acids is 1. The number of thioether (sulfide) groups is 1. The number of hydrogen-bond donors (Lipinski definition) is 1. The van der Waals surface area contributed by atoms with Gasteiger partial charge >= 0.3 is 5.97 Å². The van der Waals surface area contributed by atoms with Crippen LogP contribution in [0.5, 0.6) is 11.5 Å². The van der Waals surface area contributed by atoms with Crippen LogP contribution in [-0.4, -0.2) is 28.1 Å². The zero-order chi connectivity index (χ0) is 18.3. The van der Waals surface area contributed by atoms with Crippen LogP contribution in [0.25, 0.3) is 6.08 Å². The SMILES string of the molecule is O=C(O)c1ccc(C=C2SC(=S)N(c3ccc4c(c3)OCO4)C2=O)cc1. The molecular weight excluding hydrogens is 374 g/mol. The van der Waals surface area contributed by atoms with E-state index in [9.17, 15) is 9.59 Å². The van der Waals surface area contributed by atoms with Crippen molar-refractivity contribution in [3.8, 4) is 11.5 Å². The van der Waals surface area contributed by atoms with Crippen molar-refractivity contribution in [3.63, 3.8) is 0 Å². The summed E-state index contributed by atoms with van der Waals surface area (Å²) < 4.78 is 11.0. The summed E-state index contributed by atoms with van der Waals surface area (Å²) in [7, 11) is 0. The maximum atomic E-state index is 12.8. The van der Waals surface area contributed by atoms with Crippen LogP contribution in [0, 0.1) is 0 Å². The Labute approximate surface area is 158 Å². The highest BCUT2D eigenvalue weighted by Crippen LogP contribution is 2.40. The van der Waals surface area contributed by atoms with Crippen LogP contribution in [0.4, 0.5) is 5.69 Å². The van der Waals surface area contributed by atoms with E-state index in [-0.39, 0.29) is 18.3 Å². The van der Waals surface area contributed by atoms with E-state index in [0.29, 0.717) is 26.4 Å². The summed E-state index contributed by atoms with van der Waals surface area (Å²) >= 11 is 6.55. The molecule has 1 saturated heterocycles. The third-order valence-corrected chi connectivity index (χ3v) is 5.17. The van der Waals surface area contributed by atoms with Crippen LogP contribution in [0.3, 0.4) is 0 Å². The highest BCUT2D eigenvalue weighted by Gasteiger charge is 2.34. The summed E-state index contributed by atoms with van der Waals surface area (Å²) in [5.74, 6) is -0.0232. The van der Waals surface area contributed by atoms with Gasteiger partial charge in [-0.3, -0.25) is 9.69 Å². The Kier molecular flexibility index (Phi) is 4.14. The Balaban J connectivity index is 1.61. The fourth-order valence-corrected chi connectivity index (χ4v) is 3.89. The molecule has 130 valence electrons. The van der Waals surface area contributed by atoms with Crippen LogP contribution in [-0.2, 0) is 4.79 Å². The second-order valence-corrected chi connectivity index (χ2v) is 7.16. The van der Waals surface area contributed by atoms with Crippen LogP contribution in [0.1, 0.15) is 15.9 Å². The molecule has 6 nitrogen and oxygen atoms in total. The molecule has 2 heterocycles. The van der Waals surface area contributed by atoms with Crippen LogP contribution in [0.2, 0.25) is 0 Å². The van der Waals surface area contributed by atoms with Gasteiger partial charge in [0.1, 0.15) is 0 Å². The predicted molar refractivity (Wildman–Crippen MR) is 102 cm³/mol. The molecule has 2 aliphatic heterocycles. The van der Waals surface area contributed by atoms with Crippen LogP contribution >= 0.6 is 24.0 Å². The molecule has 1 N–H and O–H groups in total. The van der Waals surface area contributed by atoms with E-state index in [1.807, 2.05) is 0 Å². The monoisotopic (exact) mass is 385 g/mol. The number of carbonyl (C=O) groups excluding carboxylic acids is 1. The number of benzene rings is 2. The van der Waals surface area contributed by atoms with Crippen molar-refractivity contribution in [2.24, 2.45) is 0 Å². The van der Waals surface area contributed by atoms with Crippen LogP contribution in [0.15, 0.2) is 47.4 Å². The predicted octanol–water partition coefficient (Wildman–Crippen LogP) is 3.52. The molecule has 0 aromatic heterocycles. The number of fused-ring (bicyclic) bond motifs is 1. The van der Waals surface area contributed by atoms with E-state index in [1.165, 1.54) is 28.8 Å². The molecule has 8 heteroatoms. The maximum absolute atomic E-state index is 12.8. The molecule has 1 amide bonds. The summed E-state index contributed by atoms with van der Waals surface area (Å²) in [5.41, 5.74) is 1.53. The molecule has 4 rings (SSSR count). The number of amides is 1. The minimum atomic E-state index is -0.995. The largest absolute Gasteiger partial charge is 0.478 e. The molecule has 0 spiro atoms. The molecule has 1 fully saturated rings. The zero-order valence-corrected chi connectivity index (χ0v) is 14.8. The van der Waals surface area contributed by atoms with Crippen molar-refractivity contribution >= 4 is 51.9 Å². The van der Waals surface area contributed by atoms with Crippen molar-refractivity contribution in [1.82, 2.24) is 0 Å². The highest BCUT2D eigenvalue weighted by molar-refractivity contribution is 8.27. The summed E-state index contributed by atoms with van der Waals surface area (Å²) in [6, 6.07) is 11.5. The second kappa shape index (κ2) is 6.47. The molecule has 2 aromatic carbocycles. The van der Waals surface area contributed by atoms with Gasteiger partial charge in [0.15, 0.2) is 15.8 Å². The summed E-state index contributed by atoms with van der Waals surface area (Å²) in [4.78, 5) is 25.6. The lowest BCUT2D eigenvalue weighted by Crippen LogP contribution is -2.27. The number of carboxylic acid groups (broad SMARTS) is 1. The van der Waals surface area contributed by atoms with Crippen molar-refractivity contribution < 1.29 is 24.2 Å². The number of rotatable bonds is 3. The fraction of sp³-hybridized carbons (Fsp3) is 0.0556.